The minimum Gasteiger partial charge on any atom is -0.342 e. The van der Waals surface area contributed by atoms with Gasteiger partial charge in [0.2, 0.25) is 11.8 Å². The van der Waals surface area contributed by atoms with E-state index in [2.05, 4.69) is 5.32 Å². The Morgan fingerprint density at radius 2 is 1.87 bits per heavy atom. The molecule has 6 heteroatoms. The van der Waals surface area contributed by atoms with Crippen LogP contribution in [0, 0.1) is 5.92 Å². The zero-order valence-electron chi connectivity index (χ0n) is 13.4. The van der Waals surface area contributed by atoms with Gasteiger partial charge in [0.15, 0.2) is 0 Å². The lowest BCUT2D eigenvalue weighted by Crippen LogP contribution is -2.70. The molecule has 2 atom stereocenters. The van der Waals surface area contributed by atoms with E-state index in [-0.39, 0.29) is 30.2 Å². The molecule has 3 rings (SSSR count). The van der Waals surface area contributed by atoms with Crippen molar-refractivity contribution in [3.05, 3.63) is 35.9 Å². The normalized spacial score (nSPS) is 24.5. The van der Waals surface area contributed by atoms with E-state index < -0.39 is 12.1 Å². The third-order valence-electron chi connectivity index (χ3n) is 4.50. The molecular weight excluding hydrogens is 294 g/mol. The molecule has 0 saturated carbocycles. The second kappa shape index (κ2) is 6.02. The van der Waals surface area contributed by atoms with Gasteiger partial charge in [0.1, 0.15) is 12.1 Å². The fraction of sp³-hybridized carbons (Fsp3) is 0.471. The van der Waals surface area contributed by atoms with Crippen LogP contribution in [0.5, 0.6) is 0 Å². The maximum absolute atomic E-state index is 12.5. The van der Waals surface area contributed by atoms with Gasteiger partial charge in [-0.05, 0) is 18.1 Å². The minimum atomic E-state index is -0.584. The summed E-state index contributed by atoms with van der Waals surface area (Å²) >= 11 is 0. The van der Waals surface area contributed by atoms with E-state index in [1.165, 1.54) is 0 Å². The van der Waals surface area contributed by atoms with Gasteiger partial charge in [-0.2, -0.15) is 0 Å². The first-order valence-electron chi connectivity index (χ1n) is 7.94. The number of hydrogen-bond donors (Lipinski definition) is 1. The predicted molar refractivity (Wildman–Crippen MR) is 84.6 cm³/mol. The molecule has 1 aromatic carbocycles. The summed E-state index contributed by atoms with van der Waals surface area (Å²) in [5.41, 5.74) is 0.601. The van der Waals surface area contributed by atoms with E-state index in [9.17, 15) is 14.4 Å². The average molecular weight is 315 g/mol. The summed E-state index contributed by atoms with van der Waals surface area (Å²) in [6, 6.07) is 7.95. The van der Waals surface area contributed by atoms with Crippen LogP contribution in [0.15, 0.2) is 30.3 Å². The third-order valence-corrected chi connectivity index (χ3v) is 4.50. The average Bonchev–Trinajstić information content (AvgIpc) is 2.57. The lowest BCUT2D eigenvalue weighted by Gasteiger charge is -2.46. The summed E-state index contributed by atoms with van der Waals surface area (Å²) in [5, 5.41) is 2.80. The Morgan fingerprint density at radius 1 is 1.17 bits per heavy atom. The molecule has 2 fully saturated rings. The Hall–Kier alpha value is -2.37. The molecule has 1 aromatic rings. The fourth-order valence-electron chi connectivity index (χ4n) is 3.16. The van der Waals surface area contributed by atoms with Gasteiger partial charge in [-0.3, -0.25) is 14.4 Å². The molecule has 0 aromatic heterocycles. The molecule has 0 aliphatic carbocycles. The lowest BCUT2D eigenvalue weighted by molar-refractivity contribution is -0.153. The summed E-state index contributed by atoms with van der Waals surface area (Å²) in [6.45, 7) is 4.93. The molecule has 3 amide bonds. The number of nitrogens with one attached hydrogen (secondary N) is 1. The number of carbonyl (C=O) groups is 3. The summed E-state index contributed by atoms with van der Waals surface area (Å²) in [6.07, 6.45) is 0. The van der Waals surface area contributed by atoms with Crippen LogP contribution < -0.4 is 5.32 Å². The van der Waals surface area contributed by atoms with Crippen molar-refractivity contribution in [2.45, 2.75) is 25.9 Å². The highest BCUT2D eigenvalue weighted by Crippen LogP contribution is 2.20. The van der Waals surface area contributed by atoms with Crippen molar-refractivity contribution < 1.29 is 14.4 Å². The number of fused-ring (bicyclic) bond motifs is 1. The molecule has 2 saturated heterocycles. The largest absolute Gasteiger partial charge is 0.342 e. The van der Waals surface area contributed by atoms with E-state index >= 15 is 0 Å². The molecule has 122 valence electrons. The quantitative estimate of drug-likeness (QED) is 0.864. The zero-order valence-corrected chi connectivity index (χ0v) is 13.4. The molecule has 2 aliphatic rings. The monoisotopic (exact) mass is 315 g/mol. The Kier molecular flexibility index (Phi) is 4.07. The maximum atomic E-state index is 12.5. The van der Waals surface area contributed by atoms with Crippen LogP contribution in [-0.2, 0) is 9.59 Å². The summed E-state index contributed by atoms with van der Waals surface area (Å²) in [7, 11) is 0. The Morgan fingerprint density at radius 3 is 2.52 bits per heavy atom. The van der Waals surface area contributed by atoms with Crippen molar-refractivity contribution in [3.8, 4) is 0 Å². The number of amides is 3. The maximum Gasteiger partial charge on any atom is 0.253 e. The second-order valence-corrected chi connectivity index (χ2v) is 6.39. The number of carbonyl (C=O) groups excluding carboxylic acids is 3. The number of nitrogens with zero attached hydrogens (tertiary/aromatic N) is 2. The zero-order chi connectivity index (χ0) is 16.6. The van der Waals surface area contributed by atoms with Gasteiger partial charge in [-0.25, -0.2) is 0 Å². The van der Waals surface area contributed by atoms with Crippen molar-refractivity contribution in [1.82, 2.24) is 15.1 Å². The molecule has 1 N–H and O–H groups in total. The molecular formula is C17H21N3O3. The van der Waals surface area contributed by atoms with E-state index in [4.69, 9.17) is 0 Å². The van der Waals surface area contributed by atoms with Crippen LogP contribution in [0.1, 0.15) is 24.2 Å². The molecule has 23 heavy (non-hydrogen) atoms. The van der Waals surface area contributed by atoms with Crippen LogP contribution in [0.2, 0.25) is 0 Å². The van der Waals surface area contributed by atoms with E-state index in [0.717, 1.165) is 0 Å². The van der Waals surface area contributed by atoms with Gasteiger partial charge < -0.3 is 15.1 Å². The van der Waals surface area contributed by atoms with Gasteiger partial charge in [0.25, 0.3) is 5.91 Å². The molecule has 0 radical (unpaired) electrons. The Labute approximate surface area is 135 Å². The molecule has 6 nitrogen and oxygen atoms in total. The highest BCUT2D eigenvalue weighted by atomic mass is 16.2. The highest BCUT2D eigenvalue weighted by Gasteiger charge is 2.45. The first-order chi connectivity index (χ1) is 11.0. The summed E-state index contributed by atoms with van der Waals surface area (Å²) in [5.74, 6) is -0.266. The van der Waals surface area contributed by atoms with Gasteiger partial charge in [-0.1, -0.05) is 32.0 Å². The van der Waals surface area contributed by atoms with Crippen LogP contribution in [0.25, 0.3) is 0 Å². The van der Waals surface area contributed by atoms with Crippen molar-refractivity contribution in [2.24, 2.45) is 5.92 Å². The van der Waals surface area contributed by atoms with Gasteiger partial charge >= 0.3 is 0 Å². The van der Waals surface area contributed by atoms with Gasteiger partial charge in [-0.15, -0.1) is 0 Å². The van der Waals surface area contributed by atoms with Crippen LogP contribution in [0.3, 0.4) is 0 Å². The van der Waals surface area contributed by atoms with Crippen molar-refractivity contribution in [3.63, 3.8) is 0 Å². The summed E-state index contributed by atoms with van der Waals surface area (Å²) in [4.78, 5) is 40.7. The number of hydrogen-bond acceptors (Lipinski definition) is 3. The van der Waals surface area contributed by atoms with E-state index in [1.807, 2.05) is 32.0 Å². The molecule has 2 aliphatic heterocycles. The number of rotatable bonds is 2. The standard InChI is InChI=1S/C17H21N3O3/c1-11(2)14-17(23)20-9-8-19(10-13(20)15(21)18-14)16(22)12-6-4-3-5-7-12/h3-7,11,13-14H,8-10H2,1-2H3,(H,18,21)/t13-,14+/m1/s1. The molecule has 0 bridgehead atoms. The van der Waals surface area contributed by atoms with Crippen molar-refractivity contribution >= 4 is 17.7 Å². The molecule has 0 spiro atoms. The van der Waals surface area contributed by atoms with Crippen molar-refractivity contribution in [1.29, 1.82) is 0 Å². The predicted octanol–water partition coefficient (Wildman–Crippen LogP) is 0.494. The number of benzene rings is 1. The SMILES string of the molecule is CC(C)[C@@H]1NC(=O)[C@H]2CN(C(=O)c3ccccc3)CCN2C1=O. The van der Waals surface area contributed by atoms with E-state index in [0.29, 0.717) is 18.7 Å². The minimum absolute atomic E-state index is 0.0450. The fourth-order valence-corrected chi connectivity index (χ4v) is 3.16. The Bertz CT molecular complexity index is 629. The molecule has 2 heterocycles. The second-order valence-electron chi connectivity index (χ2n) is 6.39. The van der Waals surface area contributed by atoms with Crippen LogP contribution in [-0.4, -0.2) is 59.2 Å². The van der Waals surface area contributed by atoms with Gasteiger partial charge in [0, 0.05) is 18.7 Å². The topological polar surface area (TPSA) is 69.7 Å². The molecule has 0 unspecified atom stereocenters. The Balaban J connectivity index is 1.75. The number of piperazine rings is 2. The smallest absolute Gasteiger partial charge is 0.253 e. The van der Waals surface area contributed by atoms with Crippen molar-refractivity contribution in [2.75, 3.05) is 19.6 Å². The highest BCUT2D eigenvalue weighted by molar-refractivity contribution is 5.99. The van der Waals surface area contributed by atoms with E-state index in [1.54, 1.807) is 21.9 Å². The summed E-state index contributed by atoms with van der Waals surface area (Å²) < 4.78 is 0. The third kappa shape index (κ3) is 2.81. The van der Waals surface area contributed by atoms with Crippen LogP contribution in [0.4, 0.5) is 0 Å². The first-order valence-corrected chi connectivity index (χ1v) is 7.94. The lowest BCUT2D eigenvalue weighted by atomic mass is 9.96. The van der Waals surface area contributed by atoms with Gasteiger partial charge in [0.05, 0.1) is 6.54 Å². The first kappa shape index (κ1) is 15.5. The van der Waals surface area contributed by atoms with Crippen LogP contribution >= 0.6 is 0 Å².